The van der Waals surface area contributed by atoms with E-state index >= 15 is 0 Å². The van der Waals surface area contributed by atoms with Gasteiger partial charge in [-0.05, 0) is 6.42 Å². The summed E-state index contributed by atoms with van der Waals surface area (Å²) >= 11 is 1.51. The minimum Gasteiger partial charge on any atom is -0.331 e. The van der Waals surface area contributed by atoms with Crippen molar-refractivity contribution in [3.63, 3.8) is 0 Å². The molecule has 2 amide bonds. The van der Waals surface area contributed by atoms with Crippen molar-refractivity contribution in [3.8, 4) is 0 Å². The highest BCUT2D eigenvalue weighted by Gasteiger charge is 2.06. The van der Waals surface area contributed by atoms with E-state index in [2.05, 4.69) is 17.2 Å². The van der Waals surface area contributed by atoms with Crippen LogP contribution in [0.5, 0.6) is 0 Å². The number of thiazole rings is 1. The summed E-state index contributed by atoms with van der Waals surface area (Å²) in [6.45, 7) is 2.06. The van der Waals surface area contributed by atoms with E-state index in [1.54, 1.807) is 20.3 Å². The molecule has 0 bridgehead atoms. The molecule has 0 saturated carbocycles. The number of carbonyl (C=O) groups is 1. The fourth-order valence-electron chi connectivity index (χ4n) is 0.732. The highest BCUT2D eigenvalue weighted by molar-refractivity contribution is 7.15. The Morgan fingerprint density at radius 3 is 2.85 bits per heavy atom. The normalized spacial score (nSPS) is 9.77. The van der Waals surface area contributed by atoms with Gasteiger partial charge in [0.15, 0.2) is 5.13 Å². The molecule has 0 fully saturated rings. The van der Waals surface area contributed by atoms with Crippen molar-refractivity contribution in [3.05, 3.63) is 11.1 Å². The summed E-state index contributed by atoms with van der Waals surface area (Å²) in [4.78, 5) is 17.9. The minimum atomic E-state index is -0.142. The molecule has 0 saturated heterocycles. The SMILES string of the molecule is CCc1cnc(NC(=O)N(C)C)s1. The maximum atomic E-state index is 11.2. The second-order valence-corrected chi connectivity index (χ2v) is 3.93. The Morgan fingerprint density at radius 2 is 2.38 bits per heavy atom. The van der Waals surface area contributed by atoms with Crippen LogP contribution in [0.3, 0.4) is 0 Å². The molecule has 0 radical (unpaired) electrons. The quantitative estimate of drug-likeness (QED) is 0.789. The standard InChI is InChI=1S/C8H13N3OS/c1-4-6-5-9-7(13-6)10-8(12)11(2)3/h5H,4H2,1-3H3,(H,9,10,12). The van der Waals surface area contributed by atoms with Crippen molar-refractivity contribution < 1.29 is 4.79 Å². The van der Waals surface area contributed by atoms with E-state index in [1.807, 2.05) is 0 Å². The number of aromatic nitrogens is 1. The van der Waals surface area contributed by atoms with Crippen LogP contribution in [0.1, 0.15) is 11.8 Å². The lowest BCUT2D eigenvalue weighted by Gasteiger charge is -2.09. The van der Waals surface area contributed by atoms with Crippen LogP contribution in [0.25, 0.3) is 0 Å². The van der Waals surface area contributed by atoms with E-state index in [9.17, 15) is 4.79 Å². The predicted molar refractivity (Wildman–Crippen MR) is 54.2 cm³/mol. The van der Waals surface area contributed by atoms with Crippen LogP contribution in [0.2, 0.25) is 0 Å². The van der Waals surface area contributed by atoms with E-state index in [4.69, 9.17) is 0 Å². The van der Waals surface area contributed by atoms with Crippen molar-refractivity contribution in [1.29, 1.82) is 0 Å². The molecule has 0 atom stereocenters. The first-order valence-corrected chi connectivity index (χ1v) is 4.88. The summed E-state index contributed by atoms with van der Waals surface area (Å²) in [5, 5.41) is 3.35. The average molecular weight is 199 g/mol. The summed E-state index contributed by atoms with van der Waals surface area (Å²) in [6, 6.07) is -0.142. The fourth-order valence-corrected chi connectivity index (χ4v) is 1.47. The zero-order valence-corrected chi connectivity index (χ0v) is 8.81. The summed E-state index contributed by atoms with van der Waals surface area (Å²) in [5.74, 6) is 0. The van der Waals surface area contributed by atoms with Crippen LogP contribution in [0, 0.1) is 0 Å². The number of hydrogen-bond acceptors (Lipinski definition) is 3. The molecular formula is C8H13N3OS. The van der Waals surface area contributed by atoms with Crippen molar-refractivity contribution in [2.45, 2.75) is 13.3 Å². The molecule has 1 heterocycles. The van der Waals surface area contributed by atoms with E-state index in [0.717, 1.165) is 6.42 Å². The highest BCUT2D eigenvalue weighted by atomic mass is 32.1. The maximum absolute atomic E-state index is 11.2. The highest BCUT2D eigenvalue weighted by Crippen LogP contribution is 2.18. The van der Waals surface area contributed by atoms with Crippen molar-refractivity contribution in [2.24, 2.45) is 0 Å². The van der Waals surface area contributed by atoms with E-state index < -0.39 is 0 Å². The smallest absolute Gasteiger partial charge is 0.323 e. The number of hydrogen-bond donors (Lipinski definition) is 1. The van der Waals surface area contributed by atoms with E-state index in [1.165, 1.54) is 21.1 Å². The number of nitrogens with one attached hydrogen (secondary N) is 1. The summed E-state index contributed by atoms with van der Waals surface area (Å²) < 4.78 is 0. The van der Waals surface area contributed by atoms with Gasteiger partial charge in [0.05, 0.1) is 0 Å². The van der Waals surface area contributed by atoms with Gasteiger partial charge in [-0.15, -0.1) is 11.3 Å². The topological polar surface area (TPSA) is 45.2 Å². The lowest BCUT2D eigenvalue weighted by Crippen LogP contribution is -2.27. The van der Waals surface area contributed by atoms with Crippen LogP contribution in [0.15, 0.2) is 6.20 Å². The molecular weight excluding hydrogens is 186 g/mol. The molecule has 13 heavy (non-hydrogen) atoms. The molecule has 72 valence electrons. The third kappa shape index (κ3) is 2.69. The predicted octanol–water partition coefficient (Wildman–Crippen LogP) is 1.80. The molecule has 0 spiro atoms. The first-order chi connectivity index (χ1) is 6.13. The first kappa shape index (κ1) is 9.98. The lowest BCUT2D eigenvalue weighted by molar-refractivity contribution is 0.230. The Bertz CT molecular complexity index is 295. The number of nitrogens with zero attached hydrogens (tertiary/aromatic N) is 2. The molecule has 1 N–H and O–H groups in total. The Morgan fingerprint density at radius 1 is 1.69 bits per heavy atom. The molecule has 4 nitrogen and oxygen atoms in total. The number of urea groups is 1. The van der Waals surface area contributed by atoms with Gasteiger partial charge in [0, 0.05) is 25.2 Å². The van der Waals surface area contributed by atoms with Crippen LogP contribution in [-0.2, 0) is 6.42 Å². The molecule has 0 aliphatic rings. The molecule has 0 aliphatic heterocycles. The molecule has 0 aliphatic carbocycles. The van der Waals surface area contributed by atoms with Gasteiger partial charge >= 0.3 is 6.03 Å². The van der Waals surface area contributed by atoms with Gasteiger partial charge < -0.3 is 4.90 Å². The van der Waals surface area contributed by atoms with Crippen molar-refractivity contribution in [2.75, 3.05) is 19.4 Å². The number of anilines is 1. The zero-order valence-electron chi connectivity index (χ0n) is 8.00. The van der Waals surface area contributed by atoms with Gasteiger partial charge in [0.1, 0.15) is 0 Å². The Balaban J connectivity index is 2.59. The van der Waals surface area contributed by atoms with E-state index in [-0.39, 0.29) is 6.03 Å². The van der Waals surface area contributed by atoms with Gasteiger partial charge in [0.2, 0.25) is 0 Å². The van der Waals surface area contributed by atoms with Crippen molar-refractivity contribution in [1.82, 2.24) is 9.88 Å². The number of rotatable bonds is 2. The van der Waals surface area contributed by atoms with Crippen molar-refractivity contribution >= 4 is 22.5 Å². The minimum absolute atomic E-state index is 0.142. The van der Waals surface area contributed by atoms with Gasteiger partial charge in [-0.1, -0.05) is 6.92 Å². The number of amides is 2. The Labute approximate surface area is 81.6 Å². The van der Waals surface area contributed by atoms with Gasteiger partial charge in [-0.3, -0.25) is 5.32 Å². The molecule has 0 unspecified atom stereocenters. The van der Waals surface area contributed by atoms with Crippen LogP contribution in [-0.4, -0.2) is 30.0 Å². The number of carbonyl (C=O) groups excluding carboxylic acids is 1. The van der Waals surface area contributed by atoms with Crippen LogP contribution in [0.4, 0.5) is 9.93 Å². The Kier molecular flexibility index (Phi) is 3.25. The molecule has 1 aromatic heterocycles. The van der Waals surface area contributed by atoms with Gasteiger partial charge in [0.25, 0.3) is 0 Å². The largest absolute Gasteiger partial charge is 0.331 e. The summed E-state index contributed by atoms with van der Waals surface area (Å²) in [7, 11) is 3.40. The fraction of sp³-hybridized carbons (Fsp3) is 0.500. The Hall–Kier alpha value is -1.10. The molecule has 1 aromatic rings. The third-order valence-corrected chi connectivity index (χ3v) is 2.58. The maximum Gasteiger partial charge on any atom is 0.323 e. The zero-order chi connectivity index (χ0) is 9.84. The van der Waals surface area contributed by atoms with Crippen LogP contribution >= 0.6 is 11.3 Å². The van der Waals surface area contributed by atoms with E-state index in [0.29, 0.717) is 5.13 Å². The first-order valence-electron chi connectivity index (χ1n) is 4.06. The third-order valence-electron chi connectivity index (χ3n) is 1.52. The monoisotopic (exact) mass is 199 g/mol. The molecule has 5 heteroatoms. The number of aryl methyl sites for hydroxylation is 1. The summed E-state index contributed by atoms with van der Waals surface area (Å²) in [6.07, 6.45) is 2.74. The molecule has 0 aromatic carbocycles. The molecule has 1 rings (SSSR count). The summed E-state index contributed by atoms with van der Waals surface area (Å²) in [5.41, 5.74) is 0. The van der Waals surface area contributed by atoms with Gasteiger partial charge in [-0.25, -0.2) is 9.78 Å². The average Bonchev–Trinajstić information content (AvgIpc) is 2.52. The second kappa shape index (κ2) is 4.23. The van der Waals surface area contributed by atoms with Gasteiger partial charge in [-0.2, -0.15) is 0 Å². The lowest BCUT2D eigenvalue weighted by atomic mass is 10.4. The second-order valence-electron chi connectivity index (χ2n) is 2.81. The van der Waals surface area contributed by atoms with Crippen LogP contribution < -0.4 is 5.32 Å².